The minimum absolute atomic E-state index is 1.13. The third-order valence-electron chi connectivity index (χ3n) is 2.57. The molecule has 0 aromatic heterocycles. The maximum Gasteiger partial charge on any atom is 0.0178 e. The maximum absolute atomic E-state index is 3.49. The quantitative estimate of drug-likeness (QED) is 0.627. The van der Waals surface area contributed by atoms with Gasteiger partial charge in [-0.3, -0.25) is 0 Å². The van der Waals surface area contributed by atoms with Crippen LogP contribution in [0.4, 0.5) is 0 Å². The molecule has 1 aliphatic carbocycles. The van der Waals surface area contributed by atoms with Crippen molar-refractivity contribution in [2.24, 2.45) is 0 Å². The van der Waals surface area contributed by atoms with Gasteiger partial charge in [-0.05, 0) is 49.1 Å². The lowest BCUT2D eigenvalue weighted by Crippen LogP contribution is -1.82. The van der Waals surface area contributed by atoms with Gasteiger partial charge >= 0.3 is 0 Å². The van der Waals surface area contributed by atoms with E-state index in [1.165, 1.54) is 26.7 Å². The molecule has 0 saturated carbocycles. The second kappa shape index (κ2) is 2.74. The predicted molar refractivity (Wildman–Crippen MR) is 56.1 cm³/mol. The molecule has 62 valence electrons. The molecule has 0 heterocycles. The molecular weight excluding hydrogens is 212 g/mol. The van der Waals surface area contributed by atoms with Crippen LogP contribution in [0.25, 0.3) is 5.57 Å². The number of benzene rings is 1. The van der Waals surface area contributed by atoms with Gasteiger partial charge < -0.3 is 0 Å². The van der Waals surface area contributed by atoms with Crippen molar-refractivity contribution in [1.82, 2.24) is 0 Å². The Morgan fingerprint density at radius 1 is 1.25 bits per heavy atom. The molecule has 1 aromatic carbocycles. The summed E-state index contributed by atoms with van der Waals surface area (Å²) < 4.78 is 1.18. The minimum Gasteiger partial charge on any atom is -0.0654 e. The second-order valence-electron chi connectivity index (χ2n) is 3.38. The summed E-state index contributed by atoms with van der Waals surface area (Å²) >= 11 is 3.49. The van der Waals surface area contributed by atoms with Gasteiger partial charge in [0.1, 0.15) is 0 Å². The largest absolute Gasteiger partial charge is 0.0654 e. The molecule has 0 spiro atoms. The van der Waals surface area contributed by atoms with Gasteiger partial charge in [0.05, 0.1) is 0 Å². The van der Waals surface area contributed by atoms with Crippen LogP contribution in [-0.4, -0.2) is 0 Å². The van der Waals surface area contributed by atoms with Crippen LogP contribution < -0.4 is 0 Å². The van der Waals surface area contributed by atoms with Crippen molar-refractivity contribution >= 4 is 21.5 Å². The van der Waals surface area contributed by atoms with E-state index >= 15 is 0 Å². The summed E-state index contributed by atoms with van der Waals surface area (Å²) in [5, 5.41) is 0. The molecule has 0 nitrogen and oxygen atoms in total. The molecule has 1 heteroatoms. The molecule has 0 amide bonds. The molecule has 0 fully saturated rings. The minimum atomic E-state index is 1.13. The Kier molecular flexibility index (Phi) is 1.84. The fraction of sp³-hybridized carbons (Fsp3) is 0.273. The highest BCUT2D eigenvalue weighted by Gasteiger charge is 2.14. The summed E-state index contributed by atoms with van der Waals surface area (Å²) in [7, 11) is 0. The fourth-order valence-corrected chi connectivity index (χ4v) is 2.13. The van der Waals surface area contributed by atoms with Gasteiger partial charge in [-0.2, -0.15) is 0 Å². The summed E-state index contributed by atoms with van der Waals surface area (Å²) in [5.41, 5.74) is 5.84. The van der Waals surface area contributed by atoms with Crippen molar-refractivity contribution in [2.45, 2.75) is 20.3 Å². The van der Waals surface area contributed by atoms with Crippen LogP contribution in [0.2, 0.25) is 0 Å². The third kappa shape index (κ3) is 1.13. The average Bonchev–Trinajstić information content (AvgIpc) is 2.28. The zero-order valence-corrected chi connectivity index (χ0v) is 8.90. The van der Waals surface area contributed by atoms with Crippen LogP contribution in [0, 0.1) is 0 Å². The normalized spacial score (nSPS) is 15.2. The van der Waals surface area contributed by atoms with Crippen molar-refractivity contribution in [3.8, 4) is 0 Å². The molecule has 0 bridgehead atoms. The van der Waals surface area contributed by atoms with E-state index in [9.17, 15) is 0 Å². The zero-order chi connectivity index (χ0) is 8.72. The van der Waals surface area contributed by atoms with Crippen molar-refractivity contribution < 1.29 is 0 Å². The summed E-state index contributed by atoms with van der Waals surface area (Å²) in [6, 6.07) is 6.53. The Labute approximate surface area is 81.4 Å². The first kappa shape index (κ1) is 8.06. The highest BCUT2D eigenvalue weighted by Crippen LogP contribution is 2.33. The number of halogens is 1. The van der Waals surface area contributed by atoms with E-state index in [1.54, 1.807) is 0 Å². The van der Waals surface area contributed by atoms with Crippen LogP contribution >= 0.6 is 15.9 Å². The first-order valence-electron chi connectivity index (χ1n) is 4.13. The van der Waals surface area contributed by atoms with Crippen molar-refractivity contribution in [2.75, 3.05) is 0 Å². The zero-order valence-electron chi connectivity index (χ0n) is 7.32. The van der Waals surface area contributed by atoms with Gasteiger partial charge in [-0.25, -0.2) is 0 Å². The molecule has 1 aromatic rings. The molecule has 12 heavy (non-hydrogen) atoms. The summed E-state index contributed by atoms with van der Waals surface area (Å²) in [6.07, 6.45) is 1.13. The average molecular weight is 223 g/mol. The molecule has 0 radical (unpaired) electrons. The number of fused-ring (bicyclic) bond motifs is 1. The summed E-state index contributed by atoms with van der Waals surface area (Å²) in [4.78, 5) is 0. The van der Waals surface area contributed by atoms with Gasteiger partial charge in [0.25, 0.3) is 0 Å². The highest BCUT2D eigenvalue weighted by molar-refractivity contribution is 9.10. The fourth-order valence-electron chi connectivity index (χ4n) is 1.72. The lowest BCUT2D eigenvalue weighted by molar-refractivity contribution is 1.19. The number of hydrogen-bond donors (Lipinski definition) is 0. The molecule has 0 N–H and O–H groups in total. The number of allylic oxidation sites excluding steroid dienone is 2. The van der Waals surface area contributed by atoms with Gasteiger partial charge in [0, 0.05) is 4.47 Å². The van der Waals surface area contributed by atoms with E-state index in [-0.39, 0.29) is 0 Å². The molecular formula is C11H11Br. The van der Waals surface area contributed by atoms with Gasteiger partial charge in [0.15, 0.2) is 0 Å². The molecule has 0 aliphatic heterocycles. The Balaban J connectivity index is 2.58. The van der Waals surface area contributed by atoms with Crippen LogP contribution in [0.1, 0.15) is 25.0 Å². The molecule has 1 aliphatic rings. The van der Waals surface area contributed by atoms with E-state index in [4.69, 9.17) is 0 Å². The van der Waals surface area contributed by atoms with E-state index in [0.29, 0.717) is 0 Å². The second-order valence-corrected chi connectivity index (χ2v) is 4.30. The number of rotatable bonds is 0. The van der Waals surface area contributed by atoms with E-state index < -0.39 is 0 Å². The van der Waals surface area contributed by atoms with Gasteiger partial charge in [-0.1, -0.05) is 27.6 Å². The lowest BCUT2D eigenvalue weighted by Gasteiger charge is -2.00. The Morgan fingerprint density at radius 3 is 2.75 bits per heavy atom. The van der Waals surface area contributed by atoms with E-state index in [2.05, 4.69) is 48.0 Å². The van der Waals surface area contributed by atoms with E-state index in [0.717, 1.165) is 6.42 Å². The first-order chi connectivity index (χ1) is 5.68. The van der Waals surface area contributed by atoms with E-state index in [1.807, 2.05) is 0 Å². The first-order valence-corrected chi connectivity index (χ1v) is 4.93. The number of hydrogen-bond acceptors (Lipinski definition) is 0. The summed E-state index contributed by atoms with van der Waals surface area (Å²) in [5.74, 6) is 0. The van der Waals surface area contributed by atoms with Crippen LogP contribution in [0.15, 0.2) is 28.2 Å². The summed E-state index contributed by atoms with van der Waals surface area (Å²) in [6.45, 7) is 4.41. The Bertz CT molecular complexity index is 361. The van der Waals surface area contributed by atoms with Gasteiger partial charge in [0.2, 0.25) is 0 Å². The molecule has 0 atom stereocenters. The lowest BCUT2D eigenvalue weighted by atomic mass is 10.1. The van der Waals surface area contributed by atoms with Crippen LogP contribution in [0.3, 0.4) is 0 Å². The SMILES string of the molecule is CC1=C(C)c2ccc(Br)cc2C1. The van der Waals surface area contributed by atoms with Crippen LogP contribution in [-0.2, 0) is 6.42 Å². The Hall–Kier alpha value is -0.560. The monoisotopic (exact) mass is 222 g/mol. The predicted octanol–water partition coefficient (Wildman–Crippen LogP) is 3.80. The van der Waals surface area contributed by atoms with Crippen molar-refractivity contribution in [3.63, 3.8) is 0 Å². The topological polar surface area (TPSA) is 0 Å². The molecule has 0 unspecified atom stereocenters. The Morgan fingerprint density at radius 2 is 2.00 bits per heavy atom. The standard InChI is InChI=1S/C11H11Br/c1-7-5-9-6-10(12)3-4-11(9)8(7)2/h3-4,6H,5H2,1-2H3. The van der Waals surface area contributed by atoms with Crippen molar-refractivity contribution in [1.29, 1.82) is 0 Å². The van der Waals surface area contributed by atoms with Gasteiger partial charge in [-0.15, -0.1) is 0 Å². The molecule has 2 rings (SSSR count). The third-order valence-corrected chi connectivity index (χ3v) is 3.06. The highest BCUT2D eigenvalue weighted by atomic mass is 79.9. The van der Waals surface area contributed by atoms with Crippen LogP contribution in [0.5, 0.6) is 0 Å². The van der Waals surface area contributed by atoms with Crippen molar-refractivity contribution in [3.05, 3.63) is 39.4 Å². The smallest absolute Gasteiger partial charge is 0.0178 e. The molecule has 0 saturated heterocycles. The maximum atomic E-state index is 3.49.